The van der Waals surface area contributed by atoms with E-state index in [2.05, 4.69) is 26.2 Å². The first-order valence-electron chi connectivity index (χ1n) is 4.15. The molecule has 0 aliphatic rings. The molecule has 0 aromatic heterocycles. The van der Waals surface area contributed by atoms with E-state index in [9.17, 15) is 0 Å². The van der Waals surface area contributed by atoms with Crippen molar-refractivity contribution in [1.29, 1.82) is 0 Å². The Morgan fingerprint density at radius 2 is 2.29 bits per heavy atom. The fourth-order valence-corrected chi connectivity index (χ4v) is 1.84. The molecule has 0 heterocycles. The molecule has 3 N–H and O–H groups in total. The van der Waals surface area contributed by atoms with Crippen LogP contribution < -0.4 is 11.1 Å². The minimum Gasteiger partial charge on any atom is -0.370 e. The molecule has 0 bridgehead atoms. The Morgan fingerprint density at radius 1 is 1.57 bits per heavy atom. The van der Waals surface area contributed by atoms with Gasteiger partial charge in [-0.2, -0.15) is 0 Å². The smallest absolute Gasteiger partial charge is 0.193 e. The van der Waals surface area contributed by atoms with Gasteiger partial charge < -0.3 is 11.1 Å². The molecule has 1 aromatic rings. The first-order valence-corrected chi connectivity index (χ1v) is 5.32. The molecule has 0 aliphatic carbocycles. The zero-order chi connectivity index (χ0) is 10.6. The predicted octanol–water partition coefficient (Wildman–Crippen LogP) is 2.85. The van der Waals surface area contributed by atoms with Crippen LogP contribution in [0.25, 0.3) is 0 Å². The molecular weight excluding hydrogens is 265 g/mol. The number of aliphatic imine (C=N–C) groups is 1. The van der Waals surface area contributed by atoms with Crippen molar-refractivity contribution in [3.8, 4) is 0 Å². The molecule has 0 atom stereocenters. The van der Waals surface area contributed by atoms with Crippen molar-refractivity contribution in [1.82, 2.24) is 0 Å². The summed E-state index contributed by atoms with van der Waals surface area (Å²) in [4.78, 5) is 4.00. The van der Waals surface area contributed by atoms with Crippen molar-refractivity contribution < 1.29 is 0 Å². The van der Waals surface area contributed by atoms with Gasteiger partial charge in [0.2, 0.25) is 0 Å². The molecule has 14 heavy (non-hydrogen) atoms. The average molecular weight is 277 g/mol. The first-order chi connectivity index (χ1) is 6.61. The Labute approximate surface area is 96.5 Å². The molecule has 0 saturated carbocycles. The normalized spacial score (nSPS) is 11.5. The van der Waals surface area contributed by atoms with E-state index in [0.717, 1.165) is 10.2 Å². The lowest BCUT2D eigenvalue weighted by atomic mass is 10.3. The van der Waals surface area contributed by atoms with E-state index < -0.39 is 0 Å². The summed E-state index contributed by atoms with van der Waals surface area (Å²) in [6.07, 6.45) is 0. The van der Waals surface area contributed by atoms with Gasteiger partial charge in [0.15, 0.2) is 5.96 Å². The zero-order valence-electron chi connectivity index (χ0n) is 7.72. The molecule has 0 aliphatic heterocycles. The largest absolute Gasteiger partial charge is 0.370 e. The van der Waals surface area contributed by atoms with Crippen molar-refractivity contribution in [2.75, 3.05) is 11.9 Å². The van der Waals surface area contributed by atoms with Crippen LogP contribution in [-0.2, 0) is 0 Å². The number of guanidine groups is 1. The van der Waals surface area contributed by atoms with Crippen molar-refractivity contribution in [2.45, 2.75) is 6.92 Å². The quantitative estimate of drug-likeness (QED) is 0.644. The summed E-state index contributed by atoms with van der Waals surface area (Å²) < 4.78 is 0.900. The molecular formula is C9H11BrClN3. The highest BCUT2D eigenvalue weighted by Crippen LogP contribution is 2.22. The van der Waals surface area contributed by atoms with E-state index in [-0.39, 0.29) is 0 Å². The average Bonchev–Trinajstić information content (AvgIpc) is 2.01. The fraction of sp³-hybridized carbons (Fsp3) is 0.222. The Hall–Kier alpha value is -0.740. The van der Waals surface area contributed by atoms with Crippen molar-refractivity contribution in [2.24, 2.45) is 10.7 Å². The molecule has 0 fully saturated rings. The third-order valence-electron chi connectivity index (χ3n) is 1.46. The summed E-state index contributed by atoms with van der Waals surface area (Å²) in [7, 11) is 0. The minimum atomic E-state index is 0.390. The lowest BCUT2D eigenvalue weighted by Crippen LogP contribution is -2.22. The second kappa shape index (κ2) is 5.22. The molecule has 76 valence electrons. The van der Waals surface area contributed by atoms with Crippen LogP contribution in [0, 0.1) is 0 Å². The van der Waals surface area contributed by atoms with E-state index in [1.54, 1.807) is 12.1 Å². The fourth-order valence-electron chi connectivity index (χ4n) is 0.984. The van der Waals surface area contributed by atoms with Gasteiger partial charge in [0.05, 0.1) is 0 Å². The van der Waals surface area contributed by atoms with E-state index >= 15 is 0 Å². The summed E-state index contributed by atoms with van der Waals surface area (Å²) in [6, 6.07) is 5.47. The first kappa shape index (κ1) is 11.3. The number of hydrogen-bond donors (Lipinski definition) is 2. The second-order valence-corrected chi connectivity index (χ2v) is 3.99. The molecule has 3 nitrogen and oxygen atoms in total. The van der Waals surface area contributed by atoms with Crippen LogP contribution in [0.15, 0.2) is 27.7 Å². The SMILES string of the molecule is CCN=C(N)Nc1cc(Cl)cc(Br)c1. The van der Waals surface area contributed by atoms with Gasteiger partial charge in [-0.25, -0.2) is 0 Å². The van der Waals surface area contributed by atoms with Gasteiger partial charge in [-0.05, 0) is 25.1 Å². The second-order valence-electron chi connectivity index (χ2n) is 2.64. The molecule has 0 saturated heterocycles. The summed E-state index contributed by atoms with van der Waals surface area (Å²) >= 11 is 9.20. The van der Waals surface area contributed by atoms with Gasteiger partial charge in [0, 0.05) is 21.7 Å². The number of rotatable bonds is 2. The Balaban J connectivity index is 2.81. The van der Waals surface area contributed by atoms with E-state index in [0.29, 0.717) is 17.5 Å². The van der Waals surface area contributed by atoms with Gasteiger partial charge in [-0.15, -0.1) is 0 Å². The summed E-state index contributed by atoms with van der Waals surface area (Å²) in [5, 5.41) is 3.58. The van der Waals surface area contributed by atoms with Gasteiger partial charge >= 0.3 is 0 Å². The van der Waals surface area contributed by atoms with Crippen LogP contribution in [0.5, 0.6) is 0 Å². The van der Waals surface area contributed by atoms with Crippen molar-refractivity contribution >= 4 is 39.2 Å². The molecule has 0 radical (unpaired) electrons. The maximum absolute atomic E-state index is 5.86. The maximum Gasteiger partial charge on any atom is 0.193 e. The highest BCUT2D eigenvalue weighted by Gasteiger charge is 1.98. The van der Waals surface area contributed by atoms with E-state index in [1.807, 2.05) is 13.0 Å². The topological polar surface area (TPSA) is 50.4 Å². The highest BCUT2D eigenvalue weighted by molar-refractivity contribution is 9.10. The highest BCUT2D eigenvalue weighted by atomic mass is 79.9. The Morgan fingerprint density at radius 3 is 2.86 bits per heavy atom. The maximum atomic E-state index is 5.86. The number of nitrogens with zero attached hydrogens (tertiary/aromatic N) is 1. The molecule has 5 heteroatoms. The van der Waals surface area contributed by atoms with Crippen LogP contribution in [0.4, 0.5) is 5.69 Å². The number of nitrogens with two attached hydrogens (primary N) is 1. The lowest BCUT2D eigenvalue weighted by molar-refractivity contribution is 1.12. The number of benzene rings is 1. The van der Waals surface area contributed by atoms with Crippen LogP contribution in [0.3, 0.4) is 0 Å². The van der Waals surface area contributed by atoms with Gasteiger partial charge in [0.25, 0.3) is 0 Å². The van der Waals surface area contributed by atoms with E-state index in [1.165, 1.54) is 0 Å². The van der Waals surface area contributed by atoms with Crippen LogP contribution >= 0.6 is 27.5 Å². The number of nitrogens with one attached hydrogen (secondary N) is 1. The number of halogens is 2. The molecule has 1 rings (SSSR count). The van der Waals surface area contributed by atoms with Gasteiger partial charge in [0.1, 0.15) is 0 Å². The summed E-state index contributed by atoms with van der Waals surface area (Å²) in [5.74, 6) is 0.390. The van der Waals surface area contributed by atoms with Crippen molar-refractivity contribution in [3.05, 3.63) is 27.7 Å². The van der Waals surface area contributed by atoms with Gasteiger partial charge in [-0.1, -0.05) is 27.5 Å². The summed E-state index contributed by atoms with van der Waals surface area (Å²) in [5.41, 5.74) is 6.42. The van der Waals surface area contributed by atoms with Crippen LogP contribution in [0.2, 0.25) is 5.02 Å². The predicted molar refractivity (Wildman–Crippen MR) is 64.9 cm³/mol. The molecule has 0 unspecified atom stereocenters. The van der Waals surface area contributed by atoms with Crippen LogP contribution in [-0.4, -0.2) is 12.5 Å². The van der Waals surface area contributed by atoms with Crippen LogP contribution in [0.1, 0.15) is 6.92 Å². The lowest BCUT2D eigenvalue weighted by Gasteiger charge is -2.06. The minimum absolute atomic E-state index is 0.390. The third kappa shape index (κ3) is 3.55. The molecule has 0 spiro atoms. The summed E-state index contributed by atoms with van der Waals surface area (Å²) in [6.45, 7) is 2.57. The third-order valence-corrected chi connectivity index (χ3v) is 2.14. The van der Waals surface area contributed by atoms with E-state index in [4.69, 9.17) is 17.3 Å². The zero-order valence-corrected chi connectivity index (χ0v) is 10.1. The number of anilines is 1. The Kier molecular flexibility index (Phi) is 4.22. The standard InChI is InChI=1S/C9H11BrClN3/c1-2-13-9(12)14-8-4-6(10)3-7(11)5-8/h3-5H,2H2,1H3,(H3,12,13,14). The molecule has 0 amide bonds. The number of hydrogen-bond acceptors (Lipinski definition) is 1. The van der Waals surface area contributed by atoms with Gasteiger partial charge in [-0.3, -0.25) is 4.99 Å². The Bertz CT molecular complexity index is 332. The molecule has 1 aromatic carbocycles. The monoisotopic (exact) mass is 275 g/mol. The van der Waals surface area contributed by atoms with Crippen molar-refractivity contribution in [3.63, 3.8) is 0 Å².